The fourth-order valence-corrected chi connectivity index (χ4v) is 2.15. The molecular formula is C12H20N6O3. The first-order chi connectivity index (χ1) is 9.95. The highest BCUT2D eigenvalue weighted by atomic mass is 16.4. The van der Waals surface area contributed by atoms with Crippen molar-refractivity contribution in [2.45, 2.75) is 26.1 Å². The zero-order chi connectivity index (χ0) is 15.4. The Morgan fingerprint density at radius 3 is 2.90 bits per heavy atom. The number of piperazine rings is 1. The fraction of sp³-hybridized carbons (Fsp3) is 0.667. The SMILES string of the molecule is CC1CN(C(=O)NCc2cn(CC(=O)O)nn2)CCN1C. The van der Waals surface area contributed by atoms with Crippen LogP contribution in [0.15, 0.2) is 6.20 Å². The minimum atomic E-state index is -0.984. The van der Waals surface area contributed by atoms with Gasteiger partial charge in [-0.1, -0.05) is 5.21 Å². The van der Waals surface area contributed by atoms with E-state index in [1.54, 1.807) is 4.90 Å². The molecule has 2 N–H and O–H groups in total. The van der Waals surface area contributed by atoms with Gasteiger partial charge in [-0.2, -0.15) is 0 Å². The van der Waals surface area contributed by atoms with Crippen molar-refractivity contribution >= 4 is 12.0 Å². The molecule has 2 heterocycles. The minimum Gasteiger partial charge on any atom is -0.480 e. The summed E-state index contributed by atoms with van der Waals surface area (Å²) in [6.45, 7) is 4.31. The largest absolute Gasteiger partial charge is 0.480 e. The van der Waals surface area contributed by atoms with Gasteiger partial charge < -0.3 is 20.2 Å². The van der Waals surface area contributed by atoms with Crippen LogP contribution in [0.4, 0.5) is 4.79 Å². The van der Waals surface area contributed by atoms with E-state index in [0.29, 0.717) is 24.8 Å². The molecule has 0 radical (unpaired) electrons. The van der Waals surface area contributed by atoms with Gasteiger partial charge in [-0.15, -0.1) is 5.10 Å². The highest BCUT2D eigenvalue weighted by Gasteiger charge is 2.24. The Hall–Kier alpha value is -2.16. The number of carboxylic acid groups (broad SMARTS) is 1. The van der Waals surface area contributed by atoms with Gasteiger partial charge >= 0.3 is 12.0 Å². The zero-order valence-electron chi connectivity index (χ0n) is 12.2. The molecule has 0 spiro atoms. The van der Waals surface area contributed by atoms with Gasteiger partial charge in [0, 0.05) is 25.7 Å². The van der Waals surface area contributed by atoms with Crippen molar-refractivity contribution in [1.82, 2.24) is 30.1 Å². The van der Waals surface area contributed by atoms with E-state index in [4.69, 9.17) is 5.11 Å². The van der Waals surface area contributed by atoms with Gasteiger partial charge in [0.1, 0.15) is 12.2 Å². The molecule has 9 heteroatoms. The first kappa shape index (κ1) is 15.2. The third-order valence-electron chi connectivity index (χ3n) is 3.55. The minimum absolute atomic E-state index is 0.136. The van der Waals surface area contributed by atoms with E-state index >= 15 is 0 Å². The van der Waals surface area contributed by atoms with Gasteiger partial charge in [0.05, 0.1) is 12.7 Å². The second kappa shape index (κ2) is 6.53. The van der Waals surface area contributed by atoms with Gasteiger partial charge in [0.15, 0.2) is 0 Å². The summed E-state index contributed by atoms with van der Waals surface area (Å²) in [5.74, 6) is -0.984. The van der Waals surface area contributed by atoms with Gasteiger partial charge in [0.25, 0.3) is 0 Å². The smallest absolute Gasteiger partial charge is 0.325 e. The monoisotopic (exact) mass is 296 g/mol. The van der Waals surface area contributed by atoms with Crippen LogP contribution in [0.5, 0.6) is 0 Å². The third kappa shape index (κ3) is 4.15. The Morgan fingerprint density at radius 1 is 1.48 bits per heavy atom. The lowest BCUT2D eigenvalue weighted by Crippen LogP contribution is -2.54. The summed E-state index contributed by atoms with van der Waals surface area (Å²) >= 11 is 0. The molecule has 1 aliphatic rings. The quantitative estimate of drug-likeness (QED) is 0.754. The maximum Gasteiger partial charge on any atom is 0.325 e. The lowest BCUT2D eigenvalue weighted by molar-refractivity contribution is -0.137. The highest BCUT2D eigenvalue weighted by molar-refractivity contribution is 5.74. The number of amides is 2. The van der Waals surface area contributed by atoms with Gasteiger partial charge in [-0.05, 0) is 14.0 Å². The number of carboxylic acids is 1. The van der Waals surface area contributed by atoms with Crippen LogP contribution in [0, 0.1) is 0 Å². The molecule has 2 amide bonds. The van der Waals surface area contributed by atoms with E-state index in [9.17, 15) is 9.59 Å². The molecule has 1 aromatic rings. The molecule has 1 unspecified atom stereocenters. The third-order valence-corrected chi connectivity index (χ3v) is 3.55. The van der Waals surface area contributed by atoms with Crippen molar-refractivity contribution < 1.29 is 14.7 Å². The number of aliphatic carboxylic acids is 1. The Kier molecular flexibility index (Phi) is 4.73. The molecule has 2 rings (SSSR count). The molecule has 0 bridgehead atoms. The van der Waals surface area contributed by atoms with Crippen molar-refractivity contribution in [3.63, 3.8) is 0 Å². The van der Waals surface area contributed by atoms with Crippen molar-refractivity contribution in [1.29, 1.82) is 0 Å². The van der Waals surface area contributed by atoms with Crippen LogP contribution < -0.4 is 5.32 Å². The number of nitrogens with zero attached hydrogens (tertiary/aromatic N) is 5. The molecule has 1 aromatic heterocycles. The van der Waals surface area contributed by atoms with Gasteiger partial charge in [0.2, 0.25) is 0 Å². The van der Waals surface area contributed by atoms with Crippen LogP contribution in [0.3, 0.4) is 0 Å². The number of nitrogens with one attached hydrogen (secondary N) is 1. The second-order valence-corrected chi connectivity index (χ2v) is 5.24. The summed E-state index contributed by atoms with van der Waals surface area (Å²) in [7, 11) is 2.04. The normalized spacial score (nSPS) is 19.5. The number of carbonyl (C=O) groups excluding carboxylic acids is 1. The highest BCUT2D eigenvalue weighted by Crippen LogP contribution is 2.07. The number of hydrogen-bond acceptors (Lipinski definition) is 5. The molecule has 0 saturated carbocycles. The van der Waals surface area contributed by atoms with Crippen molar-refractivity contribution in [2.24, 2.45) is 0 Å². The van der Waals surface area contributed by atoms with Crippen LogP contribution in [-0.2, 0) is 17.9 Å². The van der Waals surface area contributed by atoms with Gasteiger partial charge in [-0.3, -0.25) is 4.79 Å². The van der Waals surface area contributed by atoms with E-state index in [1.807, 2.05) is 7.05 Å². The van der Waals surface area contributed by atoms with E-state index < -0.39 is 5.97 Å². The molecule has 116 valence electrons. The fourth-order valence-electron chi connectivity index (χ4n) is 2.15. The predicted molar refractivity (Wildman–Crippen MR) is 73.6 cm³/mol. The Balaban J connectivity index is 1.81. The molecule has 1 atom stereocenters. The van der Waals surface area contributed by atoms with E-state index in [0.717, 1.165) is 6.54 Å². The Bertz CT molecular complexity index is 517. The summed E-state index contributed by atoms with van der Waals surface area (Å²) in [5, 5.41) is 18.9. The van der Waals surface area contributed by atoms with Crippen LogP contribution in [0.25, 0.3) is 0 Å². The van der Waals surface area contributed by atoms with Crippen LogP contribution in [0.1, 0.15) is 12.6 Å². The molecule has 21 heavy (non-hydrogen) atoms. The summed E-state index contributed by atoms with van der Waals surface area (Å²) < 4.78 is 1.22. The molecule has 0 aliphatic carbocycles. The van der Waals surface area contributed by atoms with Crippen molar-refractivity contribution in [2.75, 3.05) is 26.7 Å². The number of hydrogen-bond donors (Lipinski definition) is 2. The number of carbonyl (C=O) groups is 2. The lowest BCUT2D eigenvalue weighted by atomic mass is 10.2. The van der Waals surface area contributed by atoms with Crippen LogP contribution in [0.2, 0.25) is 0 Å². The van der Waals surface area contributed by atoms with Crippen LogP contribution >= 0.6 is 0 Å². The predicted octanol–water partition coefficient (Wildman–Crippen LogP) is -0.792. The van der Waals surface area contributed by atoms with Crippen molar-refractivity contribution in [3.8, 4) is 0 Å². The summed E-state index contributed by atoms with van der Waals surface area (Å²) in [5.41, 5.74) is 0.534. The number of rotatable bonds is 4. The molecule has 1 saturated heterocycles. The van der Waals surface area contributed by atoms with E-state index in [-0.39, 0.29) is 19.1 Å². The van der Waals surface area contributed by atoms with Crippen molar-refractivity contribution in [3.05, 3.63) is 11.9 Å². The first-order valence-corrected chi connectivity index (χ1v) is 6.79. The zero-order valence-corrected chi connectivity index (χ0v) is 12.2. The maximum absolute atomic E-state index is 12.1. The number of urea groups is 1. The Labute approximate surface area is 122 Å². The Morgan fingerprint density at radius 2 is 2.24 bits per heavy atom. The molecule has 1 fully saturated rings. The standard InChI is InChI=1S/C12H20N6O3/c1-9-6-17(4-3-16(9)2)12(21)13-5-10-7-18(15-14-10)8-11(19)20/h7,9H,3-6,8H2,1-2H3,(H,13,21)(H,19,20). The molecule has 1 aliphatic heterocycles. The topological polar surface area (TPSA) is 104 Å². The number of likely N-dealkylation sites (N-methyl/N-ethyl adjacent to an activating group) is 1. The summed E-state index contributed by atoms with van der Waals surface area (Å²) in [6, 6.07) is 0.198. The van der Waals surface area contributed by atoms with E-state index in [2.05, 4.69) is 27.5 Å². The molecule has 9 nitrogen and oxygen atoms in total. The van der Waals surface area contributed by atoms with Crippen LogP contribution in [-0.4, -0.2) is 74.6 Å². The molecular weight excluding hydrogens is 276 g/mol. The number of aromatic nitrogens is 3. The van der Waals surface area contributed by atoms with Gasteiger partial charge in [-0.25, -0.2) is 9.48 Å². The molecule has 0 aromatic carbocycles. The lowest BCUT2D eigenvalue weighted by Gasteiger charge is -2.37. The summed E-state index contributed by atoms with van der Waals surface area (Å²) in [6.07, 6.45) is 1.51. The average Bonchev–Trinajstić information content (AvgIpc) is 2.86. The average molecular weight is 296 g/mol. The second-order valence-electron chi connectivity index (χ2n) is 5.24. The first-order valence-electron chi connectivity index (χ1n) is 6.79. The van der Waals surface area contributed by atoms with E-state index in [1.165, 1.54) is 10.9 Å². The summed E-state index contributed by atoms with van der Waals surface area (Å²) in [4.78, 5) is 26.6. The maximum atomic E-state index is 12.1.